The van der Waals surface area contributed by atoms with Gasteiger partial charge in [-0.3, -0.25) is 9.59 Å². The number of hydrogen-bond acceptors (Lipinski definition) is 3. The molecule has 2 amide bonds. The van der Waals surface area contributed by atoms with Gasteiger partial charge in [-0.05, 0) is 19.8 Å². The van der Waals surface area contributed by atoms with E-state index in [1.165, 1.54) is 11.8 Å². The molecule has 1 saturated carbocycles. The molecule has 0 radical (unpaired) electrons. The number of nitrogens with one attached hydrogen (secondary N) is 1. The van der Waals surface area contributed by atoms with Crippen molar-refractivity contribution >= 4 is 11.8 Å². The highest BCUT2D eigenvalue weighted by Gasteiger charge is 2.39. The van der Waals surface area contributed by atoms with Crippen LogP contribution < -0.4 is 5.32 Å². The molecule has 0 aromatic heterocycles. The molecular formula is C11H17FN2O3. The Hall–Kier alpha value is -1.17. The number of nitrogens with zero attached hydrogens (tertiary/aromatic N) is 1. The van der Waals surface area contributed by atoms with Gasteiger partial charge in [0.15, 0.2) is 0 Å². The molecule has 2 fully saturated rings. The number of likely N-dealkylation sites (tertiary alicyclic amines) is 1. The predicted octanol–water partition coefficient (Wildman–Crippen LogP) is -0.558. The molecule has 0 aromatic carbocycles. The van der Waals surface area contributed by atoms with E-state index in [2.05, 4.69) is 5.32 Å². The molecule has 5 nitrogen and oxygen atoms in total. The van der Waals surface area contributed by atoms with E-state index in [4.69, 9.17) is 0 Å². The van der Waals surface area contributed by atoms with Gasteiger partial charge in [0.2, 0.25) is 11.8 Å². The molecule has 0 spiro atoms. The number of hydrogen-bond donors (Lipinski definition) is 2. The van der Waals surface area contributed by atoms with E-state index in [-0.39, 0.29) is 24.9 Å². The van der Waals surface area contributed by atoms with Crippen LogP contribution in [0.5, 0.6) is 0 Å². The number of carbonyl (C=O) groups is 2. The lowest BCUT2D eigenvalue weighted by molar-refractivity contribution is -0.145. The summed E-state index contributed by atoms with van der Waals surface area (Å²) in [7, 11) is 0. The van der Waals surface area contributed by atoms with Crippen LogP contribution in [-0.4, -0.2) is 53.2 Å². The Morgan fingerprint density at radius 1 is 1.41 bits per heavy atom. The molecular weight excluding hydrogens is 227 g/mol. The van der Waals surface area contributed by atoms with Gasteiger partial charge in [0.05, 0.1) is 19.2 Å². The van der Waals surface area contributed by atoms with Gasteiger partial charge in [0, 0.05) is 5.92 Å². The topological polar surface area (TPSA) is 69.6 Å². The van der Waals surface area contributed by atoms with Crippen LogP contribution in [0.15, 0.2) is 0 Å². The van der Waals surface area contributed by atoms with Gasteiger partial charge in [0.25, 0.3) is 0 Å². The maximum Gasteiger partial charge on any atom is 0.248 e. The largest absolute Gasteiger partial charge is 0.391 e. The van der Waals surface area contributed by atoms with E-state index in [1.807, 2.05) is 0 Å². The van der Waals surface area contributed by atoms with E-state index in [0.717, 1.165) is 12.8 Å². The molecule has 2 N–H and O–H groups in total. The van der Waals surface area contributed by atoms with Crippen molar-refractivity contribution in [3.05, 3.63) is 0 Å². The summed E-state index contributed by atoms with van der Waals surface area (Å²) in [6, 6.07) is -0.949. The van der Waals surface area contributed by atoms with Crippen molar-refractivity contribution in [2.45, 2.75) is 38.1 Å². The number of rotatable bonds is 4. The van der Waals surface area contributed by atoms with E-state index >= 15 is 0 Å². The first-order chi connectivity index (χ1) is 7.99. The normalized spacial score (nSPS) is 23.8. The number of alkyl halides is 1. The molecule has 2 unspecified atom stereocenters. The number of aliphatic hydroxyl groups is 1. The van der Waals surface area contributed by atoms with Gasteiger partial charge in [0.1, 0.15) is 12.2 Å². The number of amides is 2. The van der Waals surface area contributed by atoms with E-state index < -0.39 is 24.2 Å². The molecule has 6 heteroatoms. The van der Waals surface area contributed by atoms with Crippen LogP contribution in [-0.2, 0) is 9.59 Å². The summed E-state index contributed by atoms with van der Waals surface area (Å²) >= 11 is 0. The Kier molecular flexibility index (Phi) is 3.33. The maximum atomic E-state index is 12.6. The third-order valence-corrected chi connectivity index (χ3v) is 3.14. The lowest BCUT2D eigenvalue weighted by Crippen LogP contribution is -2.60. The summed E-state index contributed by atoms with van der Waals surface area (Å²) in [5.74, 6) is -0.612. The molecule has 2 aliphatic rings. The van der Waals surface area contributed by atoms with Crippen LogP contribution in [0.2, 0.25) is 0 Å². The molecule has 96 valence electrons. The molecule has 0 aromatic rings. The minimum absolute atomic E-state index is 0.0191. The molecule has 2 rings (SSSR count). The average Bonchev–Trinajstić information content (AvgIpc) is 3.03. The second-order valence-electron chi connectivity index (χ2n) is 4.84. The monoisotopic (exact) mass is 244 g/mol. The average molecular weight is 244 g/mol. The van der Waals surface area contributed by atoms with Crippen molar-refractivity contribution < 1.29 is 19.1 Å². The first kappa shape index (κ1) is 12.3. The van der Waals surface area contributed by atoms with Crippen molar-refractivity contribution in [3.8, 4) is 0 Å². The fourth-order valence-electron chi connectivity index (χ4n) is 1.81. The number of aliphatic hydroxyl groups excluding tert-OH is 1. The van der Waals surface area contributed by atoms with Crippen LogP contribution in [0.1, 0.15) is 19.8 Å². The Bertz CT molecular complexity index is 325. The first-order valence-corrected chi connectivity index (χ1v) is 5.90. The fraction of sp³-hybridized carbons (Fsp3) is 0.818. The van der Waals surface area contributed by atoms with Crippen LogP contribution in [0.4, 0.5) is 4.39 Å². The molecule has 2 atom stereocenters. The van der Waals surface area contributed by atoms with Crippen LogP contribution in [0, 0.1) is 5.92 Å². The summed E-state index contributed by atoms with van der Waals surface area (Å²) < 4.78 is 12.6. The lowest BCUT2D eigenvalue weighted by Gasteiger charge is -2.37. The molecule has 17 heavy (non-hydrogen) atoms. The quantitative estimate of drug-likeness (QED) is 0.696. The Labute approximate surface area is 99.0 Å². The highest BCUT2D eigenvalue weighted by atomic mass is 19.1. The zero-order valence-electron chi connectivity index (χ0n) is 9.73. The SMILES string of the molecule is CC(O)C(NC(=O)C1CC1)C(=O)N1CC(F)C1. The predicted molar refractivity (Wildman–Crippen MR) is 57.8 cm³/mol. The summed E-state index contributed by atoms with van der Waals surface area (Å²) in [5.41, 5.74) is 0. The van der Waals surface area contributed by atoms with Gasteiger partial charge >= 0.3 is 0 Å². The highest BCUT2D eigenvalue weighted by molar-refractivity contribution is 5.90. The fourth-order valence-corrected chi connectivity index (χ4v) is 1.81. The van der Waals surface area contributed by atoms with Crippen LogP contribution in [0.3, 0.4) is 0 Å². The second kappa shape index (κ2) is 4.60. The Morgan fingerprint density at radius 2 is 2.00 bits per heavy atom. The Morgan fingerprint density at radius 3 is 2.41 bits per heavy atom. The maximum absolute atomic E-state index is 12.6. The van der Waals surface area contributed by atoms with Crippen molar-refractivity contribution in [1.82, 2.24) is 10.2 Å². The van der Waals surface area contributed by atoms with Gasteiger partial charge < -0.3 is 15.3 Å². The number of halogens is 1. The van der Waals surface area contributed by atoms with Gasteiger partial charge in [-0.1, -0.05) is 0 Å². The third kappa shape index (κ3) is 2.74. The lowest BCUT2D eigenvalue weighted by atomic mass is 10.1. The van der Waals surface area contributed by atoms with Crippen molar-refractivity contribution in [2.75, 3.05) is 13.1 Å². The molecule has 0 bridgehead atoms. The van der Waals surface area contributed by atoms with Gasteiger partial charge in [-0.25, -0.2) is 4.39 Å². The van der Waals surface area contributed by atoms with Crippen molar-refractivity contribution in [2.24, 2.45) is 5.92 Å². The van der Waals surface area contributed by atoms with Gasteiger partial charge in [-0.15, -0.1) is 0 Å². The zero-order chi connectivity index (χ0) is 12.6. The van der Waals surface area contributed by atoms with Crippen molar-refractivity contribution in [3.63, 3.8) is 0 Å². The van der Waals surface area contributed by atoms with E-state index in [9.17, 15) is 19.1 Å². The summed E-state index contributed by atoms with van der Waals surface area (Å²) in [5, 5.41) is 12.1. The molecule has 1 aliphatic heterocycles. The highest BCUT2D eigenvalue weighted by Crippen LogP contribution is 2.29. The van der Waals surface area contributed by atoms with E-state index in [0.29, 0.717) is 0 Å². The minimum atomic E-state index is -0.979. The van der Waals surface area contributed by atoms with Gasteiger partial charge in [-0.2, -0.15) is 0 Å². The summed E-state index contributed by atoms with van der Waals surface area (Å²) in [6.07, 6.45) is -0.275. The molecule has 1 heterocycles. The zero-order valence-corrected chi connectivity index (χ0v) is 9.73. The minimum Gasteiger partial charge on any atom is -0.391 e. The summed E-state index contributed by atoms with van der Waals surface area (Å²) in [4.78, 5) is 24.7. The second-order valence-corrected chi connectivity index (χ2v) is 4.84. The van der Waals surface area contributed by atoms with Crippen molar-refractivity contribution in [1.29, 1.82) is 0 Å². The summed E-state index contributed by atoms with van der Waals surface area (Å²) in [6.45, 7) is 1.56. The first-order valence-electron chi connectivity index (χ1n) is 5.90. The molecule has 1 aliphatic carbocycles. The Balaban J connectivity index is 1.91. The van der Waals surface area contributed by atoms with E-state index in [1.54, 1.807) is 0 Å². The number of carbonyl (C=O) groups excluding carboxylic acids is 2. The smallest absolute Gasteiger partial charge is 0.248 e. The van der Waals surface area contributed by atoms with Crippen LogP contribution in [0.25, 0.3) is 0 Å². The van der Waals surface area contributed by atoms with Crippen LogP contribution >= 0.6 is 0 Å². The molecule has 1 saturated heterocycles. The standard InChI is InChI=1S/C11H17FN2O3/c1-6(15)9(13-10(16)7-2-3-7)11(17)14-4-8(12)5-14/h6-9,15H,2-5H2,1H3,(H,13,16). The third-order valence-electron chi connectivity index (χ3n) is 3.14.